The number of hydrogen-bond donors (Lipinski definition) is 1. The number of aliphatic hydroxyl groups excluding tert-OH is 1. The zero-order valence-electron chi connectivity index (χ0n) is 9.45. The first kappa shape index (κ1) is 11.7. The van der Waals surface area contributed by atoms with E-state index in [-0.39, 0.29) is 12.5 Å². The van der Waals surface area contributed by atoms with Crippen LogP contribution in [0.2, 0.25) is 0 Å². The highest BCUT2D eigenvalue weighted by Gasteiger charge is 2.11. The van der Waals surface area contributed by atoms with Crippen LogP contribution in [0.3, 0.4) is 0 Å². The Morgan fingerprint density at radius 3 is 2.53 bits per heavy atom. The zero-order valence-corrected chi connectivity index (χ0v) is 9.45. The van der Waals surface area contributed by atoms with Crippen molar-refractivity contribution >= 4 is 5.91 Å². The summed E-state index contributed by atoms with van der Waals surface area (Å²) >= 11 is 0. The molecule has 0 spiro atoms. The van der Waals surface area contributed by atoms with Crippen molar-refractivity contribution < 1.29 is 9.90 Å². The Balaban J connectivity index is 2.87. The van der Waals surface area contributed by atoms with Crippen LogP contribution in [0.4, 0.5) is 0 Å². The minimum Gasteiger partial charge on any atom is -0.395 e. The second-order valence-electron chi connectivity index (χ2n) is 3.75. The molecule has 1 aromatic rings. The SMILES string of the molecule is Cc1ccc(C(=O)N(C)CCO)cc1C. The second kappa shape index (κ2) is 4.94. The maximum absolute atomic E-state index is 11.8. The van der Waals surface area contributed by atoms with Gasteiger partial charge in [0.1, 0.15) is 0 Å². The molecule has 82 valence electrons. The third kappa shape index (κ3) is 2.80. The molecule has 1 rings (SSSR count). The molecule has 0 heterocycles. The van der Waals surface area contributed by atoms with E-state index in [0.29, 0.717) is 12.1 Å². The number of carbonyl (C=O) groups is 1. The third-order valence-electron chi connectivity index (χ3n) is 2.54. The highest BCUT2D eigenvalue weighted by atomic mass is 16.3. The summed E-state index contributed by atoms with van der Waals surface area (Å²) in [5, 5.41) is 8.74. The molecule has 0 saturated heterocycles. The number of amides is 1. The van der Waals surface area contributed by atoms with Gasteiger partial charge in [-0.05, 0) is 37.1 Å². The number of nitrogens with zero attached hydrogens (tertiary/aromatic N) is 1. The van der Waals surface area contributed by atoms with E-state index < -0.39 is 0 Å². The number of carbonyl (C=O) groups excluding carboxylic acids is 1. The second-order valence-corrected chi connectivity index (χ2v) is 3.75. The Kier molecular flexibility index (Phi) is 3.86. The first-order valence-electron chi connectivity index (χ1n) is 5.00. The van der Waals surface area contributed by atoms with Gasteiger partial charge in [0.25, 0.3) is 5.91 Å². The van der Waals surface area contributed by atoms with Gasteiger partial charge in [-0.3, -0.25) is 4.79 Å². The molecule has 1 amide bonds. The predicted molar refractivity (Wildman–Crippen MR) is 60.0 cm³/mol. The maximum Gasteiger partial charge on any atom is 0.253 e. The van der Waals surface area contributed by atoms with Gasteiger partial charge >= 0.3 is 0 Å². The predicted octanol–water partition coefficient (Wildman–Crippen LogP) is 1.37. The summed E-state index contributed by atoms with van der Waals surface area (Å²) in [4.78, 5) is 13.3. The Morgan fingerprint density at radius 1 is 1.33 bits per heavy atom. The van der Waals surface area contributed by atoms with Gasteiger partial charge < -0.3 is 10.0 Å². The van der Waals surface area contributed by atoms with Gasteiger partial charge in [-0.15, -0.1) is 0 Å². The van der Waals surface area contributed by atoms with E-state index in [2.05, 4.69) is 0 Å². The minimum absolute atomic E-state index is 0.00686. The van der Waals surface area contributed by atoms with Gasteiger partial charge in [0, 0.05) is 19.2 Å². The summed E-state index contributed by atoms with van der Waals surface area (Å²) in [6, 6.07) is 5.64. The molecular weight excluding hydrogens is 190 g/mol. The Morgan fingerprint density at radius 2 is 2.00 bits per heavy atom. The van der Waals surface area contributed by atoms with E-state index in [1.165, 1.54) is 10.5 Å². The summed E-state index contributed by atoms with van der Waals surface area (Å²) in [5.41, 5.74) is 2.96. The maximum atomic E-state index is 11.8. The van der Waals surface area contributed by atoms with E-state index >= 15 is 0 Å². The van der Waals surface area contributed by atoms with Crippen molar-refractivity contribution in [1.82, 2.24) is 4.90 Å². The lowest BCUT2D eigenvalue weighted by Gasteiger charge is -2.16. The number of benzene rings is 1. The first-order valence-corrected chi connectivity index (χ1v) is 5.00. The van der Waals surface area contributed by atoms with Crippen molar-refractivity contribution in [2.45, 2.75) is 13.8 Å². The van der Waals surface area contributed by atoms with E-state index in [0.717, 1.165) is 5.56 Å². The van der Waals surface area contributed by atoms with Crippen molar-refractivity contribution in [3.05, 3.63) is 34.9 Å². The molecule has 0 fully saturated rings. The molecule has 1 N–H and O–H groups in total. The normalized spacial score (nSPS) is 10.1. The summed E-state index contributed by atoms with van der Waals surface area (Å²) in [7, 11) is 1.69. The van der Waals surface area contributed by atoms with Crippen molar-refractivity contribution in [2.24, 2.45) is 0 Å². The number of hydrogen-bond acceptors (Lipinski definition) is 2. The molecule has 0 unspecified atom stereocenters. The van der Waals surface area contributed by atoms with Crippen LogP contribution in [0.25, 0.3) is 0 Å². The van der Waals surface area contributed by atoms with Crippen LogP contribution in [0.15, 0.2) is 18.2 Å². The van der Waals surface area contributed by atoms with Gasteiger partial charge in [-0.25, -0.2) is 0 Å². The zero-order chi connectivity index (χ0) is 11.4. The molecule has 3 heteroatoms. The Hall–Kier alpha value is -1.35. The fraction of sp³-hybridized carbons (Fsp3) is 0.417. The van der Waals surface area contributed by atoms with Gasteiger partial charge in [0.15, 0.2) is 0 Å². The lowest BCUT2D eigenvalue weighted by Crippen LogP contribution is -2.29. The lowest BCUT2D eigenvalue weighted by molar-refractivity contribution is 0.0767. The molecule has 0 bridgehead atoms. The third-order valence-corrected chi connectivity index (χ3v) is 2.54. The molecular formula is C12H17NO2. The highest BCUT2D eigenvalue weighted by molar-refractivity contribution is 5.94. The number of aliphatic hydroxyl groups is 1. The molecule has 0 radical (unpaired) electrons. The van der Waals surface area contributed by atoms with Crippen LogP contribution in [0.5, 0.6) is 0 Å². The molecule has 1 aromatic carbocycles. The van der Waals surface area contributed by atoms with Crippen LogP contribution in [-0.2, 0) is 0 Å². The summed E-state index contributed by atoms with van der Waals surface area (Å²) < 4.78 is 0. The van der Waals surface area contributed by atoms with Gasteiger partial charge in [-0.2, -0.15) is 0 Å². The molecule has 0 aromatic heterocycles. The smallest absolute Gasteiger partial charge is 0.253 e. The monoisotopic (exact) mass is 207 g/mol. The first-order chi connectivity index (χ1) is 7.06. The van der Waals surface area contributed by atoms with Crippen molar-refractivity contribution in [3.63, 3.8) is 0 Å². The quantitative estimate of drug-likeness (QED) is 0.813. The van der Waals surface area contributed by atoms with Gasteiger partial charge in [-0.1, -0.05) is 6.07 Å². The molecule has 0 saturated carbocycles. The van der Waals surface area contributed by atoms with Gasteiger partial charge in [0.2, 0.25) is 0 Å². The van der Waals surface area contributed by atoms with E-state index in [1.54, 1.807) is 7.05 Å². The number of likely N-dealkylation sites (N-methyl/N-ethyl adjacent to an activating group) is 1. The minimum atomic E-state index is -0.0489. The van der Waals surface area contributed by atoms with Crippen molar-refractivity contribution in [2.75, 3.05) is 20.2 Å². The van der Waals surface area contributed by atoms with Crippen molar-refractivity contribution in [1.29, 1.82) is 0 Å². The summed E-state index contributed by atoms with van der Waals surface area (Å²) in [6.07, 6.45) is 0. The van der Waals surface area contributed by atoms with Crippen LogP contribution >= 0.6 is 0 Å². The van der Waals surface area contributed by atoms with Crippen LogP contribution in [0.1, 0.15) is 21.5 Å². The van der Waals surface area contributed by atoms with Crippen LogP contribution in [0, 0.1) is 13.8 Å². The Bertz CT molecular complexity index is 361. The number of rotatable bonds is 3. The van der Waals surface area contributed by atoms with Crippen molar-refractivity contribution in [3.8, 4) is 0 Å². The summed E-state index contributed by atoms with van der Waals surface area (Å²) in [6.45, 7) is 4.36. The highest BCUT2D eigenvalue weighted by Crippen LogP contribution is 2.11. The molecule has 3 nitrogen and oxygen atoms in total. The molecule has 0 atom stereocenters. The molecule has 15 heavy (non-hydrogen) atoms. The molecule has 0 aliphatic carbocycles. The standard InChI is InChI=1S/C12H17NO2/c1-9-4-5-11(8-10(9)2)12(15)13(3)6-7-14/h4-5,8,14H,6-7H2,1-3H3. The molecule has 0 aliphatic heterocycles. The average molecular weight is 207 g/mol. The molecule has 0 aliphatic rings. The van der Waals surface area contributed by atoms with E-state index in [1.807, 2.05) is 32.0 Å². The Labute approximate surface area is 90.3 Å². The fourth-order valence-corrected chi connectivity index (χ4v) is 1.35. The van der Waals surface area contributed by atoms with E-state index in [4.69, 9.17) is 5.11 Å². The van der Waals surface area contributed by atoms with Crippen LogP contribution in [-0.4, -0.2) is 36.1 Å². The van der Waals surface area contributed by atoms with E-state index in [9.17, 15) is 4.79 Å². The fourth-order valence-electron chi connectivity index (χ4n) is 1.35. The number of aryl methyl sites for hydroxylation is 2. The average Bonchev–Trinajstić information content (AvgIpc) is 2.21. The van der Waals surface area contributed by atoms with Crippen LogP contribution < -0.4 is 0 Å². The lowest BCUT2D eigenvalue weighted by atomic mass is 10.1. The largest absolute Gasteiger partial charge is 0.395 e. The van der Waals surface area contributed by atoms with Gasteiger partial charge in [0.05, 0.1) is 6.61 Å². The summed E-state index contributed by atoms with van der Waals surface area (Å²) in [5.74, 6) is -0.0489. The topological polar surface area (TPSA) is 40.5 Å².